The normalized spacial score (nSPS) is 12.5. The summed E-state index contributed by atoms with van der Waals surface area (Å²) in [6.07, 6.45) is 0.740. The third-order valence-corrected chi connectivity index (χ3v) is 3.79. The van der Waals surface area contributed by atoms with Crippen LogP contribution in [0.2, 0.25) is 5.02 Å². The predicted octanol–water partition coefficient (Wildman–Crippen LogP) is 3.37. The summed E-state index contributed by atoms with van der Waals surface area (Å²) in [5, 5.41) is 4.87. The molecule has 0 aliphatic carbocycles. The molecule has 1 aromatic carbocycles. The number of nitrogens with zero attached hydrogens (tertiary/aromatic N) is 2. The molecular weight excluding hydrogens is 293 g/mol. The van der Waals surface area contributed by atoms with Gasteiger partial charge in [-0.3, -0.25) is 4.68 Å². The highest BCUT2D eigenvalue weighted by atomic mass is 35.5. The summed E-state index contributed by atoms with van der Waals surface area (Å²) < 4.78 is 21.1. The van der Waals surface area contributed by atoms with Crippen LogP contribution in [0.15, 0.2) is 18.2 Å². The molecule has 4 nitrogen and oxygen atoms in total. The van der Waals surface area contributed by atoms with Gasteiger partial charge in [0.25, 0.3) is 0 Å². The minimum Gasteiger partial charge on any atom is -0.484 e. The fraction of sp³-hybridized carbons (Fsp3) is 0.400. The van der Waals surface area contributed by atoms with Gasteiger partial charge in [0.1, 0.15) is 6.61 Å². The van der Waals surface area contributed by atoms with Gasteiger partial charge in [0.05, 0.1) is 16.4 Å². The molecule has 114 valence electrons. The third kappa shape index (κ3) is 3.36. The second kappa shape index (κ2) is 6.45. The molecule has 2 aromatic rings. The van der Waals surface area contributed by atoms with E-state index in [-0.39, 0.29) is 18.4 Å². The minimum absolute atomic E-state index is 0.163. The van der Waals surface area contributed by atoms with E-state index in [2.05, 4.69) is 5.10 Å². The van der Waals surface area contributed by atoms with Crippen molar-refractivity contribution in [3.63, 3.8) is 0 Å². The van der Waals surface area contributed by atoms with Crippen LogP contribution in [-0.2, 0) is 20.1 Å². The van der Waals surface area contributed by atoms with Crippen molar-refractivity contribution in [2.45, 2.75) is 32.9 Å². The molecule has 1 heterocycles. The molecule has 0 spiro atoms. The Morgan fingerprint density at radius 2 is 2.19 bits per heavy atom. The molecule has 1 atom stereocenters. The van der Waals surface area contributed by atoms with E-state index in [0.717, 1.165) is 23.4 Å². The molecule has 21 heavy (non-hydrogen) atoms. The summed E-state index contributed by atoms with van der Waals surface area (Å²) in [7, 11) is 1.79. The van der Waals surface area contributed by atoms with Gasteiger partial charge >= 0.3 is 0 Å². The highest BCUT2D eigenvalue weighted by Gasteiger charge is 2.14. The average molecular weight is 312 g/mol. The van der Waals surface area contributed by atoms with Crippen LogP contribution in [0.3, 0.4) is 0 Å². The summed E-state index contributed by atoms with van der Waals surface area (Å²) in [5.74, 6) is -0.256. The summed E-state index contributed by atoms with van der Waals surface area (Å²) >= 11 is 6.23. The quantitative estimate of drug-likeness (QED) is 0.921. The Labute approximate surface area is 128 Å². The maximum Gasteiger partial charge on any atom is 0.165 e. The Morgan fingerprint density at radius 1 is 1.48 bits per heavy atom. The monoisotopic (exact) mass is 311 g/mol. The molecule has 0 saturated heterocycles. The SMILES string of the molecule is CCc1nn(C)c(COc2ccc([C@@H](C)N)cc2F)c1Cl. The summed E-state index contributed by atoms with van der Waals surface area (Å²) in [5.41, 5.74) is 7.98. The minimum atomic E-state index is -0.432. The van der Waals surface area contributed by atoms with Crippen molar-refractivity contribution in [1.29, 1.82) is 0 Å². The van der Waals surface area contributed by atoms with E-state index in [1.807, 2.05) is 6.92 Å². The van der Waals surface area contributed by atoms with Crippen LogP contribution in [0.4, 0.5) is 4.39 Å². The van der Waals surface area contributed by atoms with Gasteiger partial charge in [-0.25, -0.2) is 4.39 Å². The lowest BCUT2D eigenvalue weighted by molar-refractivity contribution is 0.280. The van der Waals surface area contributed by atoms with Crippen molar-refractivity contribution in [3.05, 3.63) is 46.0 Å². The van der Waals surface area contributed by atoms with Gasteiger partial charge in [0.2, 0.25) is 0 Å². The van der Waals surface area contributed by atoms with Crippen LogP contribution in [0.1, 0.15) is 36.8 Å². The topological polar surface area (TPSA) is 53.1 Å². The second-order valence-electron chi connectivity index (χ2n) is 4.95. The van der Waals surface area contributed by atoms with Crippen molar-refractivity contribution in [2.75, 3.05) is 0 Å². The predicted molar refractivity (Wildman–Crippen MR) is 80.9 cm³/mol. The van der Waals surface area contributed by atoms with Crippen LogP contribution >= 0.6 is 11.6 Å². The zero-order valence-corrected chi connectivity index (χ0v) is 13.1. The molecule has 0 unspecified atom stereocenters. The van der Waals surface area contributed by atoms with Crippen molar-refractivity contribution in [1.82, 2.24) is 9.78 Å². The molecule has 2 rings (SSSR count). The number of hydrogen-bond donors (Lipinski definition) is 1. The van der Waals surface area contributed by atoms with Crippen LogP contribution in [-0.4, -0.2) is 9.78 Å². The highest BCUT2D eigenvalue weighted by molar-refractivity contribution is 6.31. The molecule has 0 saturated carbocycles. The van der Waals surface area contributed by atoms with E-state index in [0.29, 0.717) is 5.02 Å². The van der Waals surface area contributed by atoms with E-state index in [9.17, 15) is 4.39 Å². The molecule has 0 fully saturated rings. The van der Waals surface area contributed by atoms with E-state index in [4.69, 9.17) is 22.1 Å². The molecule has 0 bridgehead atoms. The number of halogens is 2. The zero-order valence-electron chi connectivity index (χ0n) is 12.4. The molecule has 2 N–H and O–H groups in total. The number of aromatic nitrogens is 2. The van der Waals surface area contributed by atoms with E-state index in [1.165, 1.54) is 6.07 Å². The van der Waals surface area contributed by atoms with Gasteiger partial charge in [-0.05, 0) is 31.0 Å². The first-order valence-electron chi connectivity index (χ1n) is 6.82. The van der Waals surface area contributed by atoms with Crippen molar-refractivity contribution in [3.8, 4) is 5.75 Å². The van der Waals surface area contributed by atoms with E-state index in [1.54, 1.807) is 30.8 Å². The fourth-order valence-electron chi connectivity index (χ4n) is 2.04. The number of hydrogen-bond acceptors (Lipinski definition) is 3. The first-order valence-corrected chi connectivity index (χ1v) is 7.19. The lowest BCUT2D eigenvalue weighted by Crippen LogP contribution is -2.07. The molecule has 0 aliphatic heterocycles. The largest absolute Gasteiger partial charge is 0.484 e. The maximum atomic E-state index is 13.9. The Bertz CT molecular complexity index is 640. The smallest absolute Gasteiger partial charge is 0.165 e. The highest BCUT2D eigenvalue weighted by Crippen LogP contribution is 2.25. The zero-order chi connectivity index (χ0) is 15.6. The standard InChI is InChI=1S/C15H19ClFN3O/c1-4-12-15(16)13(20(3)19-12)8-21-14-6-5-10(9(2)18)7-11(14)17/h5-7,9H,4,8,18H2,1-3H3/t9-/m1/s1. The van der Waals surface area contributed by atoms with E-state index >= 15 is 0 Å². The van der Waals surface area contributed by atoms with Crippen molar-refractivity contribution in [2.24, 2.45) is 12.8 Å². The number of ether oxygens (including phenoxy) is 1. The van der Waals surface area contributed by atoms with Crippen molar-refractivity contribution >= 4 is 11.6 Å². The maximum absolute atomic E-state index is 13.9. The Morgan fingerprint density at radius 3 is 2.71 bits per heavy atom. The lowest BCUT2D eigenvalue weighted by Gasteiger charge is -2.11. The van der Waals surface area contributed by atoms with Crippen molar-refractivity contribution < 1.29 is 9.13 Å². The third-order valence-electron chi connectivity index (χ3n) is 3.35. The molecular formula is C15H19ClFN3O. The number of aryl methyl sites for hydroxylation is 2. The summed E-state index contributed by atoms with van der Waals surface area (Å²) in [6.45, 7) is 3.94. The van der Waals surface area contributed by atoms with Gasteiger partial charge in [-0.2, -0.15) is 5.10 Å². The Kier molecular flexibility index (Phi) is 4.85. The summed E-state index contributed by atoms with van der Waals surface area (Å²) in [4.78, 5) is 0. The van der Waals surface area contributed by atoms with Gasteiger partial charge in [0, 0.05) is 13.1 Å². The number of benzene rings is 1. The summed E-state index contributed by atoms with van der Waals surface area (Å²) in [6, 6.07) is 4.51. The second-order valence-corrected chi connectivity index (χ2v) is 5.33. The van der Waals surface area contributed by atoms with Gasteiger partial charge in [-0.15, -0.1) is 0 Å². The van der Waals surface area contributed by atoms with Gasteiger partial charge < -0.3 is 10.5 Å². The van der Waals surface area contributed by atoms with Crippen LogP contribution in [0.5, 0.6) is 5.75 Å². The lowest BCUT2D eigenvalue weighted by atomic mass is 10.1. The van der Waals surface area contributed by atoms with E-state index < -0.39 is 5.82 Å². The first kappa shape index (κ1) is 15.8. The fourth-order valence-corrected chi connectivity index (χ4v) is 2.39. The number of rotatable bonds is 5. The Hall–Kier alpha value is -1.59. The Balaban J connectivity index is 2.15. The molecule has 0 aliphatic rings. The molecule has 6 heteroatoms. The first-order chi connectivity index (χ1) is 9.93. The van der Waals surface area contributed by atoms with Crippen LogP contribution in [0, 0.1) is 5.82 Å². The van der Waals surface area contributed by atoms with Crippen LogP contribution in [0.25, 0.3) is 0 Å². The van der Waals surface area contributed by atoms with Gasteiger partial charge in [0.15, 0.2) is 11.6 Å². The molecule has 0 amide bonds. The number of nitrogens with two attached hydrogens (primary N) is 1. The van der Waals surface area contributed by atoms with Gasteiger partial charge in [-0.1, -0.05) is 24.6 Å². The average Bonchev–Trinajstić information content (AvgIpc) is 2.72. The molecule has 1 aromatic heterocycles. The molecule has 0 radical (unpaired) electrons. The van der Waals surface area contributed by atoms with Crippen LogP contribution < -0.4 is 10.5 Å².